The van der Waals surface area contributed by atoms with Crippen LogP contribution in [0.4, 0.5) is 0 Å². The van der Waals surface area contributed by atoms with Gasteiger partial charge in [0.1, 0.15) is 17.4 Å². The first-order chi connectivity index (χ1) is 5.38. The Labute approximate surface area is 77.0 Å². The van der Waals surface area contributed by atoms with Crippen LogP contribution in [-0.4, -0.2) is 15.2 Å². The second kappa shape index (κ2) is 2.69. The summed E-state index contributed by atoms with van der Waals surface area (Å²) in [6.45, 7) is 0. The van der Waals surface area contributed by atoms with Gasteiger partial charge in [-0.25, -0.2) is 4.98 Å². The van der Waals surface area contributed by atoms with Gasteiger partial charge in [-0.1, -0.05) is 6.07 Å². The van der Waals surface area contributed by atoms with Crippen LogP contribution in [0, 0.1) is 3.57 Å². The van der Waals surface area contributed by atoms with Gasteiger partial charge in [0, 0.05) is 3.57 Å². The van der Waals surface area contributed by atoms with Gasteiger partial charge in [0.05, 0.1) is 0 Å². The molecule has 0 N–H and O–H groups in total. The van der Waals surface area contributed by atoms with E-state index in [0.717, 1.165) is 14.6 Å². The fourth-order valence-electron chi connectivity index (χ4n) is 0.884. The van der Waals surface area contributed by atoms with Crippen molar-refractivity contribution < 1.29 is 0 Å². The van der Waals surface area contributed by atoms with E-state index in [9.17, 15) is 0 Å². The molecule has 0 bridgehead atoms. The maximum Gasteiger partial charge on any atom is 0.138 e. The van der Waals surface area contributed by atoms with Crippen LogP contribution >= 0.6 is 22.6 Å². The lowest BCUT2D eigenvalue weighted by atomic mass is 10.3. The molecule has 4 heteroatoms. The van der Waals surface area contributed by atoms with Crippen LogP contribution in [0.15, 0.2) is 24.5 Å². The molecule has 0 fully saturated rings. The van der Waals surface area contributed by atoms with E-state index in [4.69, 9.17) is 0 Å². The zero-order valence-corrected chi connectivity index (χ0v) is 7.69. The molecule has 0 radical (unpaired) electrons. The summed E-state index contributed by atoms with van der Waals surface area (Å²) >= 11 is 2.23. The molecule has 11 heavy (non-hydrogen) atoms. The van der Waals surface area contributed by atoms with Crippen molar-refractivity contribution in [3.8, 4) is 0 Å². The number of aromatic nitrogens is 3. The first-order valence-electron chi connectivity index (χ1n) is 3.10. The molecule has 0 unspecified atom stereocenters. The summed E-state index contributed by atoms with van der Waals surface area (Å²) in [5.74, 6) is 0. The molecule has 0 aliphatic carbocycles. The SMILES string of the molecule is Ic1cccc2nncnc12. The van der Waals surface area contributed by atoms with Crippen molar-refractivity contribution in [2.24, 2.45) is 0 Å². The summed E-state index contributed by atoms with van der Waals surface area (Å²) in [7, 11) is 0. The van der Waals surface area contributed by atoms with Gasteiger partial charge in [0.25, 0.3) is 0 Å². The van der Waals surface area contributed by atoms with E-state index in [1.165, 1.54) is 6.33 Å². The predicted octanol–water partition coefficient (Wildman–Crippen LogP) is 1.63. The fraction of sp³-hybridized carbons (Fsp3) is 0. The lowest BCUT2D eigenvalue weighted by Gasteiger charge is -1.94. The fourth-order valence-corrected chi connectivity index (χ4v) is 1.51. The Kier molecular flexibility index (Phi) is 1.69. The molecule has 1 aromatic carbocycles. The van der Waals surface area contributed by atoms with E-state index in [-0.39, 0.29) is 0 Å². The molecule has 2 rings (SSSR count). The summed E-state index contributed by atoms with van der Waals surface area (Å²) < 4.78 is 1.11. The largest absolute Gasteiger partial charge is 0.232 e. The number of benzene rings is 1. The van der Waals surface area contributed by atoms with Crippen molar-refractivity contribution in [3.05, 3.63) is 28.1 Å². The average Bonchev–Trinajstić information content (AvgIpc) is 2.06. The van der Waals surface area contributed by atoms with Crippen LogP contribution in [0.2, 0.25) is 0 Å². The molecule has 0 saturated heterocycles. The van der Waals surface area contributed by atoms with Gasteiger partial charge in [0.2, 0.25) is 0 Å². The molecule has 2 aromatic rings. The van der Waals surface area contributed by atoms with Crippen LogP contribution < -0.4 is 0 Å². The molecule has 0 aliphatic rings. The monoisotopic (exact) mass is 257 g/mol. The molecule has 0 saturated carbocycles. The van der Waals surface area contributed by atoms with Crippen molar-refractivity contribution in [1.29, 1.82) is 0 Å². The highest BCUT2D eigenvalue weighted by atomic mass is 127. The average molecular weight is 257 g/mol. The molecule has 0 aliphatic heterocycles. The number of hydrogen-bond donors (Lipinski definition) is 0. The van der Waals surface area contributed by atoms with E-state index >= 15 is 0 Å². The summed E-state index contributed by atoms with van der Waals surface area (Å²) in [6.07, 6.45) is 1.46. The summed E-state index contributed by atoms with van der Waals surface area (Å²) in [6, 6.07) is 5.84. The number of rotatable bonds is 0. The summed E-state index contributed by atoms with van der Waals surface area (Å²) in [5.41, 5.74) is 1.77. The third-order valence-electron chi connectivity index (χ3n) is 1.37. The lowest BCUT2D eigenvalue weighted by molar-refractivity contribution is 1.02. The number of fused-ring (bicyclic) bond motifs is 1. The third kappa shape index (κ3) is 1.18. The molecular formula is C7H4IN3. The van der Waals surface area contributed by atoms with Crippen molar-refractivity contribution in [1.82, 2.24) is 15.2 Å². The third-order valence-corrected chi connectivity index (χ3v) is 2.24. The lowest BCUT2D eigenvalue weighted by Crippen LogP contribution is -1.87. The molecule has 3 nitrogen and oxygen atoms in total. The van der Waals surface area contributed by atoms with Crippen molar-refractivity contribution in [3.63, 3.8) is 0 Å². The van der Waals surface area contributed by atoms with E-state index in [1.807, 2.05) is 18.2 Å². The molecule has 0 spiro atoms. The molecular weight excluding hydrogens is 253 g/mol. The van der Waals surface area contributed by atoms with Gasteiger partial charge in [-0.2, -0.15) is 0 Å². The smallest absolute Gasteiger partial charge is 0.138 e. The highest BCUT2D eigenvalue weighted by Gasteiger charge is 1.97. The Morgan fingerprint density at radius 2 is 2.18 bits per heavy atom. The Morgan fingerprint density at radius 1 is 1.27 bits per heavy atom. The van der Waals surface area contributed by atoms with Crippen LogP contribution in [0.25, 0.3) is 11.0 Å². The minimum absolute atomic E-state index is 0.847. The maximum absolute atomic E-state index is 4.10. The standard InChI is InChI=1S/C7H4IN3/c8-5-2-1-3-6-7(5)9-4-10-11-6/h1-4H. The van der Waals surface area contributed by atoms with E-state index in [1.54, 1.807) is 0 Å². The van der Waals surface area contributed by atoms with Crippen molar-refractivity contribution in [2.45, 2.75) is 0 Å². The summed E-state index contributed by atoms with van der Waals surface area (Å²) in [5, 5.41) is 7.61. The predicted molar refractivity (Wildman–Crippen MR) is 50.1 cm³/mol. The van der Waals surface area contributed by atoms with Crippen LogP contribution in [-0.2, 0) is 0 Å². The number of halogens is 1. The van der Waals surface area contributed by atoms with Gasteiger partial charge in [-0.05, 0) is 34.7 Å². The molecule has 0 amide bonds. The Balaban J connectivity index is 2.91. The number of nitrogens with zero attached hydrogens (tertiary/aromatic N) is 3. The van der Waals surface area contributed by atoms with Gasteiger partial charge in [-0.3, -0.25) is 0 Å². The topological polar surface area (TPSA) is 38.7 Å². The van der Waals surface area contributed by atoms with E-state index < -0.39 is 0 Å². The van der Waals surface area contributed by atoms with Crippen molar-refractivity contribution >= 4 is 33.6 Å². The molecule has 1 aromatic heterocycles. The maximum atomic E-state index is 4.10. The Hall–Kier alpha value is -0.780. The molecule has 0 atom stereocenters. The van der Waals surface area contributed by atoms with Crippen LogP contribution in [0.5, 0.6) is 0 Å². The van der Waals surface area contributed by atoms with Gasteiger partial charge in [0.15, 0.2) is 0 Å². The van der Waals surface area contributed by atoms with Crippen molar-refractivity contribution in [2.75, 3.05) is 0 Å². The first-order valence-corrected chi connectivity index (χ1v) is 4.18. The zero-order chi connectivity index (χ0) is 7.68. The molecule has 1 heterocycles. The number of hydrogen-bond acceptors (Lipinski definition) is 3. The number of para-hydroxylation sites is 1. The summed E-state index contributed by atoms with van der Waals surface area (Å²) in [4.78, 5) is 4.10. The zero-order valence-electron chi connectivity index (χ0n) is 5.53. The Morgan fingerprint density at radius 3 is 3.00 bits per heavy atom. The highest BCUT2D eigenvalue weighted by Crippen LogP contribution is 2.14. The second-order valence-corrected chi connectivity index (χ2v) is 3.23. The molecule has 54 valence electrons. The van der Waals surface area contributed by atoms with Crippen LogP contribution in [0.3, 0.4) is 0 Å². The van der Waals surface area contributed by atoms with Gasteiger partial charge >= 0.3 is 0 Å². The van der Waals surface area contributed by atoms with E-state index in [2.05, 4.69) is 37.8 Å². The quantitative estimate of drug-likeness (QED) is 0.673. The Bertz CT molecular complexity index is 383. The van der Waals surface area contributed by atoms with E-state index in [0.29, 0.717) is 0 Å². The minimum Gasteiger partial charge on any atom is -0.232 e. The van der Waals surface area contributed by atoms with Crippen LogP contribution in [0.1, 0.15) is 0 Å². The normalized spacial score (nSPS) is 10.3. The minimum atomic E-state index is 0.847. The van der Waals surface area contributed by atoms with Gasteiger partial charge < -0.3 is 0 Å². The first kappa shape index (κ1) is 6.90. The second-order valence-electron chi connectivity index (χ2n) is 2.07. The highest BCUT2D eigenvalue weighted by molar-refractivity contribution is 14.1. The van der Waals surface area contributed by atoms with Gasteiger partial charge in [-0.15, -0.1) is 10.2 Å².